The molecule has 6 heteroatoms. The largest absolute Gasteiger partial charge is 0.493 e. The number of hydrogen-bond acceptors (Lipinski definition) is 3. The summed E-state index contributed by atoms with van der Waals surface area (Å²) in [6.07, 6.45) is -2.78. The highest BCUT2D eigenvalue weighted by Crippen LogP contribution is 2.35. The van der Waals surface area contributed by atoms with Crippen molar-refractivity contribution in [3.05, 3.63) is 58.9 Å². The molecule has 0 radical (unpaired) electrons. The number of rotatable bonds is 2. The van der Waals surface area contributed by atoms with E-state index in [2.05, 4.69) is 4.98 Å². The third-order valence-electron chi connectivity index (χ3n) is 3.51. The summed E-state index contributed by atoms with van der Waals surface area (Å²) in [5.41, 5.74) is 7.53. The highest BCUT2D eigenvalue weighted by molar-refractivity contribution is 5.47. The Labute approximate surface area is 119 Å². The van der Waals surface area contributed by atoms with Gasteiger partial charge in [-0.1, -0.05) is 18.2 Å². The van der Waals surface area contributed by atoms with Crippen LogP contribution in [0.15, 0.2) is 36.5 Å². The van der Waals surface area contributed by atoms with E-state index >= 15 is 0 Å². The molecule has 0 amide bonds. The number of pyridine rings is 1. The van der Waals surface area contributed by atoms with Gasteiger partial charge in [0.1, 0.15) is 5.75 Å². The van der Waals surface area contributed by atoms with Crippen molar-refractivity contribution < 1.29 is 17.9 Å². The number of hydrogen-bond donors (Lipinski definition) is 1. The second-order valence-corrected chi connectivity index (χ2v) is 4.88. The zero-order valence-electron chi connectivity index (χ0n) is 11.0. The van der Waals surface area contributed by atoms with E-state index in [9.17, 15) is 13.2 Å². The second kappa shape index (κ2) is 5.04. The molecule has 0 saturated carbocycles. The number of fused-ring (bicyclic) bond motifs is 1. The predicted octanol–water partition coefficient (Wildman–Crippen LogP) is 3.08. The number of nitrogens with two attached hydrogens (primary N) is 1. The first kappa shape index (κ1) is 13.9. The van der Waals surface area contributed by atoms with Crippen molar-refractivity contribution in [1.29, 1.82) is 0 Å². The minimum Gasteiger partial charge on any atom is -0.493 e. The molecule has 1 unspecified atom stereocenters. The summed E-state index contributed by atoms with van der Waals surface area (Å²) in [5, 5.41) is 0. The first-order chi connectivity index (χ1) is 9.97. The first-order valence-corrected chi connectivity index (χ1v) is 6.50. The maximum atomic E-state index is 12.5. The average Bonchev–Trinajstić information content (AvgIpc) is 2.94. The third kappa shape index (κ3) is 2.58. The van der Waals surface area contributed by atoms with Gasteiger partial charge in [-0.15, -0.1) is 0 Å². The van der Waals surface area contributed by atoms with Crippen LogP contribution in [0.1, 0.15) is 28.4 Å². The van der Waals surface area contributed by atoms with Crippen LogP contribution in [-0.4, -0.2) is 11.6 Å². The Hall–Kier alpha value is -2.08. The summed E-state index contributed by atoms with van der Waals surface area (Å²) in [6.45, 7) is 0.597. The molecule has 0 fully saturated rings. The molecule has 0 spiro atoms. The van der Waals surface area contributed by atoms with Gasteiger partial charge in [-0.25, -0.2) is 0 Å². The summed E-state index contributed by atoms with van der Waals surface area (Å²) in [6, 6.07) is 7.33. The molecule has 1 aromatic carbocycles. The van der Waals surface area contributed by atoms with E-state index in [0.717, 1.165) is 35.6 Å². The molecular formula is C15H13F3N2O. The van der Waals surface area contributed by atoms with Gasteiger partial charge in [0.2, 0.25) is 0 Å². The fraction of sp³-hybridized carbons (Fsp3) is 0.267. The van der Waals surface area contributed by atoms with Crippen molar-refractivity contribution in [2.75, 3.05) is 6.61 Å². The molecule has 2 N–H and O–H groups in total. The fourth-order valence-electron chi connectivity index (χ4n) is 2.40. The lowest BCUT2D eigenvalue weighted by Crippen LogP contribution is -2.15. The lowest BCUT2D eigenvalue weighted by molar-refractivity contribution is -0.137. The number of benzene rings is 1. The molecule has 1 aromatic heterocycles. The minimum atomic E-state index is -4.40. The van der Waals surface area contributed by atoms with Gasteiger partial charge in [0.05, 0.1) is 23.9 Å². The molecule has 3 rings (SSSR count). The number of para-hydroxylation sites is 1. The normalized spacial score (nSPS) is 15.4. The Morgan fingerprint density at radius 2 is 2.00 bits per heavy atom. The lowest BCUT2D eigenvalue weighted by atomic mass is 9.99. The van der Waals surface area contributed by atoms with E-state index in [1.807, 2.05) is 18.2 Å². The third-order valence-corrected chi connectivity index (χ3v) is 3.51. The quantitative estimate of drug-likeness (QED) is 0.926. The van der Waals surface area contributed by atoms with Gasteiger partial charge in [0.25, 0.3) is 0 Å². The zero-order valence-corrected chi connectivity index (χ0v) is 11.0. The number of alkyl halides is 3. The second-order valence-electron chi connectivity index (χ2n) is 4.88. The summed E-state index contributed by atoms with van der Waals surface area (Å²) in [5.74, 6) is 0.728. The molecular weight excluding hydrogens is 281 g/mol. The van der Waals surface area contributed by atoms with E-state index in [-0.39, 0.29) is 0 Å². The van der Waals surface area contributed by atoms with Crippen LogP contribution in [0.2, 0.25) is 0 Å². The first-order valence-electron chi connectivity index (χ1n) is 6.50. The fourth-order valence-corrected chi connectivity index (χ4v) is 2.40. The van der Waals surface area contributed by atoms with E-state index in [0.29, 0.717) is 12.3 Å². The number of nitrogens with zero attached hydrogens (tertiary/aromatic N) is 1. The molecule has 3 nitrogen and oxygen atoms in total. The maximum absolute atomic E-state index is 12.5. The van der Waals surface area contributed by atoms with Crippen LogP contribution in [0, 0.1) is 0 Å². The van der Waals surface area contributed by atoms with Crippen molar-refractivity contribution in [1.82, 2.24) is 4.98 Å². The van der Waals surface area contributed by atoms with Crippen molar-refractivity contribution in [2.45, 2.75) is 18.6 Å². The molecule has 2 heterocycles. The Morgan fingerprint density at radius 1 is 1.19 bits per heavy atom. The van der Waals surface area contributed by atoms with Crippen LogP contribution in [-0.2, 0) is 12.6 Å². The van der Waals surface area contributed by atoms with Crippen molar-refractivity contribution in [2.24, 2.45) is 5.73 Å². The number of aromatic nitrogens is 1. The monoisotopic (exact) mass is 294 g/mol. The van der Waals surface area contributed by atoms with Gasteiger partial charge in [-0.05, 0) is 17.7 Å². The van der Waals surface area contributed by atoms with Crippen LogP contribution < -0.4 is 10.5 Å². The summed E-state index contributed by atoms with van der Waals surface area (Å²) in [4.78, 5) is 3.85. The van der Waals surface area contributed by atoms with Crippen molar-refractivity contribution >= 4 is 0 Å². The Balaban J connectivity index is 1.93. The van der Waals surface area contributed by atoms with Gasteiger partial charge in [-0.2, -0.15) is 13.2 Å². The van der Waals surface area contributed by atoms with Gasteiger partial charge < -0.3 is 10.5 Å². The molecule has 0 saturated heterocycles. The molecule has 21 heavy (non-hydrogen) atoms. The van der Waals surface area contributed by atoms with E-state index in [4.69, 9.17) is 10.5 Å². The van der Waals surface area contributed by atoms with Crippen LogP contribution in [0.4, 0.5) is 13.2 Å². The van der Waals surface area contributed by atoms with E-state index in [1.54, 1.807) is 0 Å². The van der Waals surface area contributed by atoms with Crippen molar-refractivity contribution in [3.8, 4) is 5.75 Å². The van der Waals surface area contributed by atoms with Gasteiger partial charge in [0.15, 0.2) is 0 Å². The molecule has 2 aromatic rings. The standard InChI is InChI=1S/C15H13F3N2O/c16-15(17,18)10-4-5-12(20-8-10)13(19)11-3-1-2-9-6-7-21-14(9)11/h1-5,8,13H,6-7,19H2. The van der Waals surface area contributed by atoms with Crippen LogP contribution in [0.25, 0.3) is 0 Å². The van der Waals surface area contributed by atoms with Crippen molar-refractivity contribution in [3.63, 3.8) is 0 Å². The smallest absolute Gasteiger partial charge is 0.417 e. The van der Waals surface area contributed by atoms with Crippen LogP contribution in [0.3, 0.4) is 0 Å². The van der Waals surface area contributed by atoms with Gasteiger partial charge in [0, 0.05) is 18.2 Å². The average molecular weight is 294 g/mol. The maximum Gasteiger partial charge on any atom is 0.417 e. The van der Waals surface area contributed by atoms with Gasteiger partial charge in [-0.3, -0.25) is 4.98 Å². The minimum absolute atomic E-state index is 0.381. The molecule has 1 aliphatic rings. The topological polar surface area (TPSA) is 48.1 Å². The SMILES string of the molecule is NC(c1ccc(C(F)(F)F)cn1)c1cccc2c1OCC2. The summed E-state index contributed by atoms with van der Waals surface area (Å²) in [7, 11) is 0. The number of ether oxygens (including phenoxy) is 1. The number of halogens is 3. The molecule has 110 valence electrons. The van der Waals surface area contributed by atoms with E-state index < -0.39 is 17.8 Å². The molecule has 1 aliphatic heterocycles. The summed E-state index contributed by atoms with van der Waals surface area (Å²) < 4.78 is 43.2. The molecule has 1 atom stereocenters. The van der Waals surface area contributed by atoms with Gasteiger partial charge >= 0.3 is 6.18 Å². The Kier molecular flexibility index (Phi) is 3.33. The highest BCUT2D eigenvalue weighted by Gasteiger charge is 2.31. The van der Waals surface area contributed by atoms with Crippen LogP contribution in [0.5, 0.6) is 5.75 Å². The summed E-state index contributed by atoms with van der Waals surface area (Å²) >= 11 is 0. The molecule has 0 bridgehead atoms. The lowest BCUT2D eigenvalue weighted by Gasteiger charge is -2.16. The molecule has 0 aliphatic carbocycles. The van der Waals surface area contributed by atoms with E-state index in [1.165, 1.54) is 6.07 Å². The zero-order chi connectivity index (χ0) is 15.0. The Bertz CT molecular complexity index is 653. The van der Waals surface area contributed by atoms with Crippen LogP contribution >= 0.6 is 0 Å². The highest BCUT2D eigenvalue weighted by atomic mass is 19.4. The Morgan fingerprint density at radius 3 is 2.67 bits per heavy atom. The predicted molar refractivity (Wildman–Crippen MR) is 70.9 cm³/mol.